The first-order valence-corrected chi connectivity index (χ1v) is 9.12. The summed E-state index contributed by atoms with van der Waals surface area (Å²) in [4.78, 5) is 4.22. The number of benzene rings is 1. The van der Waals surface area contributed by atoms with E-state index in [-0.39, 0.29) is 5.50 Å². The lowest BCUT2D eigenvalue weighted by molar-refractivity contribution is 0.362. The Labute approximate surface area is 144 Å². The Morgan fingerprint density at radius 1 is 1.41 bits per heavy atom. The Balaban J connectivity index is 2.09. The molecule has 0 aromatic heterocycles. The lowest BCUT2D eigenvalue weighted by Crippen LogP contribution is -2.23. The highest BCUT2D eigenvalue weighted by molar-refractivity contribution is 9.09. The third-order valence-electron chi connectivity index (χ3n) is 3.23. The zero-order valence-corrected chi connectivity index (χ0v) is 15.5. The van der Waals surface area contributed by atoms with Crippen LogP contribution in [0.2, 0.25) is 0 Å². The predicted molar refractivity (Wildman–Crippen MR) is 97.5 cm³/mol. The number of halogens is 1. The maximum atomic E-state index is 5.42. The van der Waals surface area contributed by atoms with Crippen molar-refractivity contribution in [1.82, 2.24) is 4.90 Å². The van der Waals surface area contributed by atoms with Gasteiger partial charge in [0.25, 0.3) is 0 Å². The number of anilines is 1. The van der Waals surface area contributed by atoms with E-state index in [0.29, 0.717) is 0 Å². The Kier molecular flexibility index (Phi) is 6.57. The number of hydrogen-bond acceptors (Lipinski definition) is 6. The van der Waals surface area contributed by atoms with Crippen LogP contribution in [0.25, 0.3) is 0 Å². The van der Waals surface area contributed by atoms with E-state index in [9.17, 15) is 0 Å². The van der Waals surface area contributed by atoms with Crippen LogP contribution in [0.3, 0.4) is 0 Å². The van der Waals surface area contributed by atoms with Gasteiger partial charge in [-0.15, -0.1) is 5.11 Å². The molecule has 0 aliphatic carbocycles. The van der Waals surface area contributed by atoms with E-state index < -0.39 is 0 Å². The van der Waals surface area contributed by atoms with Crippen LogP contribution in [0.1, 0.15) is 6.42 Å². The van der Waals surface area contributed by atoms with E-state index >= 15 is 0 Å². The SMILES string of the molecule is COc1cc(N(C)C)ccc1N=NC1SC=CN1CCCBr. The van der Waals surface area contributed by atoms with Gasteiger partial charge in [-0.1, -0.05) is 27.7 Å². The van der Waals surface area contributed by atoms with E-state index in [0.717, 1.165) is 35.4 Å². The zero-order valence-electron chi connectivity index (χ0n) is 13.1. The minimum absolute atomic E-state index is 0.0114. The van der Waals surface area contributed by atoms with Crippen molar-refractivity contribution in [3.63, 3.8) is 0 Å². The van der Waals surface area contributed by atoms with Gasteiger partial charge in [0, 0.05) is 43.9 Å². The standard InChI is InChI=1S/C15H21BrN4OS/c1-19(2)12-5-6-13(14(11-12)21-3)17-18-15-20(8-4-7-16)9-10-22-15/h5-6,9-11,15H,4,7-8H2,1-3H3. The minimum Gasteiger partial charge on any atom is -0.494 e. The van der Waals surface area contributed by atoms with Crippen LogP contribution in [0.15, 0.2) is 40.0 Å². The Morgan fingerprint density at radius 3 is 2.91 bits per heavy atom. The van der Waals surface area contributed by atoms with Gasteiger partial charge < -0.3 is 14.5 Å². The number of rotatable bonds is 7. The van der Waals surface area contributed by atoms with Gasteiger partial charge in [-0.2, -0.15) is 5.11 Å². The second-order valence-corrected chi connectivity index (χ2v) is 6.75. The quantitative estimate of drug-likeness (QED) is 0.514. The van der Waals surface area contributed by atoms with E-state index in [2.05, 4.69) is 42.7 Å². The molecule has 0 amide bonds. The lowest BCUT2D eigenvalue weighted by Gasteiger charge is -2.20. The Morgan fingerprint density at radius 2 is 2.23 bits per heavy atom. The molecule has 0 N–H and O–H groups in total. The largest absolute Gasteiger partial charge is 0.494 e. The van der Waals surface area contributed by atoms with Crippen molar-refractivity contribution in [3.05, 3.63) is 29.8 Å². The third kappa shape index (κ3) is 4.39. The van der Waals surface area contributed by atoms with E-state index in [4.69, 9.17) is 4.74 Å². The molecule has 1 heterocycles. The summed E-state index contributed by atoms with van der Waals surface area (Å²) < 4.78 is 5.42. The zero-order chi connectivity index (χ0) is 15.9. The molecule has 1 aliphatic rings. The monoisotopic (exact) mass is 384 g/mol. The number of azo groups is 1. The fraction of sp³-hybridized carbons (Fsp3) is 0.467. The molecule has 1 aromatic carbocycles. The summed E-state index contributed by atoms with van der Waals surface area (Å²) >= 11 is 5.12. The number of thioether (sulfide) groups is 1. The summed E-state index contributed by atoms with van der Waals surface area (Å²) in [5, 5.41) is 11.9. The maximum Gasteiger partial charge on any atom is 0.193 e. The molecular formula is C15H21BrN4OS. The molecule has 5 nitrogen and oxygen atoms in total. The molecule has 0 saturated heterocycles. The number of hydrogen-bond donors (Lipinski definition) is 0. The Bertz CT molecular complexity index is 550. The van der Waals surface area contributed by atoms with Gasteiger partial charge in [0.15, 0.2) is 5.50 Å². The second-order valence-electron chi connectivity index (χ2n) is 4.99. The average molecular weight is 385 g/mol. The summed E-state index contributed by atoms with van der Waals surface area (Å²) in [6.45, 7) is 0.967. The van der Waals surface area contributed by atoms with E-state index in [1.54, 1.807) is 18.9 Å². The number of methoxy groups -OCH3 is 1. The van der Waals surface area contributed by atoms with Gasteiger partial charge in [0.2, 0.25) is 0 Å². The molecule has 1 unspecified atom stereocenters. The van der Waals surface area contributed by atoms with Gasteiger partial charge in [0.1, 0.15) is 11.4 Å². The highest BCUT2D eigenvalue weighted by Gasteiger charge is 2.18. The molecule has 2 rings (SSSR count). The number of alkyl halides is 1. The summed E-state index contributed by atoms with van der Waals surface area (Å²) in [5.74, 6) is 0.734. The van der Waals surface area contributed by atoms with Crippen molar-refractivity contribution in [3.8, 4) is 5.75 Å². The number of ether oxygens (including phenoxy) is 1. The molecule has 0 bridgehead atoms. The summed E-state index contributed by atoms with van der Waals surface area (Å²) in [6, 6.07) is 5.92. The molecule has 7 heteroatoms. The van der Waals surface area contributed by atoms with Crippen molar-refractivity contribution in [1.29, 1.82) is 0 Å². The normalized spacial score (nSPS) is 17.5. The van der Waals surface area contributed by atoms with Crippen molar-refractivity contribution in [2.45, 2.75) is 11.9 Å². The molecule has 1 aromatic rings. The second kappa shape index (κ2) is 8.43. The van der Waals surface area contributed by atoms with Crippen molar-refractivity contribution in [2.75, 3.05) is 38.0 Å². The first kappa shape index (κ1) is 17.1. The van der Waals surface area contributed by atoms with Crippen LogP contribution in [-0.4, -0.2) is 43.5 Å². The molecule has 22 heavy (non-hydrogen) atoms. The lowest BCUT2D eigenvalue weighted by atomic mass is 10.2. The molecule has 0 radical (unpaired) electrons. The smallest absolute Gasteiger partial charge is 0.193 e. The molecule has 0 saturated carbocycles. The first-order valence-electron chi connectivity index (χ1n) is 7.05. The molecular weight excluding hydrogens is 364 g/mol. The molecule has 0 fully saturated rings. The van der Waals surface area contributed by atoms with Crippen LogP contribution in [-0.2, 0) is 0 Å². The molecule has 1 atom stereocenters. The molecule has 0 spiro atoms. The average Bonchev–Trinajstić information content (AvgIpc) is 2.97. The predicted octanol–water partition coefficient (Wildman–Crippen LogP) is 4.43. The first-order chi connectivity index (χ1) is 10.7. The van der Waals surface area contributed by atoms with Crippen LogP contribution in [0.5, 0.6) is 5.75 Å². The van der Waals surface area contributed by atoms with Gasteiger partial charge in [-0.3, -0.25) is 0 Å². The fourth-order valence-corrected chi connectivity index (χ4v) is 3.05. The van der Waals surface area contributed by atoms with Gasteiger partial charge in [0.05, 0.1) is 7.11 Å². The minimum atomic E-state index is 0.0114. The highest BCUT2D eigenvalue weighted by Crippen LogP contribution is 2.33. The van der Waals surface area contributed by atoms with Crippen LogP contribution >= 0.6 is 27.7 Å². The van der Waals surface area contributed by atoms with Gasteiger partial charge >= 0.3 is 0 Å². The van der Waals surface area contributed by atoms with E-state index in [1.807, 2.05) is 37.2 Å². The third-order valence-corrected chi connectivity index (χ3v) is 4.68. The summed E-state index contributed by atoms with van der Waals surface area (Å²) in [6.07, 6.45) is 3.15. The number of nitrogens with zero attached hydrogens (tertiary/aromatic N) is 4. The van der Waals surface area contributed by atoms with Crippen LogP contribution in [0, 0.1) is 0 Å². The topological polar surface area (TPSA) is 40.4 Å². The summed E-state index contributed by atoms with van der Waals surface area (Å²) in [5.41, 5.74) is 1.84. The Hall–Kier alpha value is -1.21. The molecule has 1 aliphatic heterocycles. The summed E-state index contributed by atoms with van der Waals surface area (Å²) in [7, 11) is 5.65. The van der Waals surface area contributed by atoms with Gasteiger partial charge in [-0.05, 0) is 24.0 Å². The van der Waals surface area contributed by atoms with Crippen molar-refractivity contribution in [2.24, 2.45) is 10.2 Å². The van der Waals surface area contributed by atoms with Crippen LogP contribution in [0.4, 0.5) is 11.4 Å². The van der Waals surface area contributed by atoms with E-state index in [1.165, 1.54) is 0 Å². The van der Waals surface area contributed by atoms with Gasteiger partial charge in [-0.25, -0.2) is 0 Å². The molecule has 120 valence electrons. The maximum absolute atomic E-state index is 5.42. The fourth-order valence-electron chi connectivity index (χ4n) is 1.99. The van der Waals surface area contributed by atoms with Crippen LogP contribution < -0.4 is 9.64 Å². The van der Waals surface area contributed by atoms with Crippen molar-refractivity contribution < 1.29 is 4.74 Å². The van der Waals surface area contributed by atoms with Crippen molar-refractivity contribution >= 4 is 39.1 Å². The highest BCUT2D eigenvalue weighted by atomic mass is 79.9.